The van der Waals surface area contributed by atoms with Crippen LogP contribution in [0, 0.1) is 0 Å². The molecule has 0 aliphatic carbocycles. The predicted octanol–water partition coefficient (Wildman–Crippen LogP) is 4.65. The number of carbonyl (C=O) groups is 1. The van der Waals surface area contributed by atoms with E-state index in [1.807, 2.05) is 42.5 Å². The molecule has 0 amide bonds. The number of benzene rings is 2. The van der Waals surface area contributed by atoms with Gasteiger partial charge in [0.1, 0.15) is 22.7 Å². The molecule has 32 heavy (non-hydrogen) atoms. The number of para-hydroxylation sites is 2. The van der Waals surface area contributed by atoms with Crippen LogP contribution in [-0.4, -0.2) is 33.5 Å². The number of aromatic amines is 1. The van der Waals surface area contributed by atoms with E-state index in [0.717, 1.165) is 11.8 Å². The fourth-order valence-electron chi connectivity index (χ4n) is 3.85. The number of rotatable bonds is 8. The molecule has 2 aromatic carbocycles. The van der Waals surface area contributed by atoms with E-state index in [0.29, 0.717) is 46.7 Å². The molecule has 0 radical (unpaired) electrons. The van der Waals surface area contributed by atoms with E-state index in [4.69, 9.17) is 9.15 Å². The number of hydrogen-bond donors (Lipinski definition) is 1. The van der Waals surface area contributed by atoms with Gasteiger partial charge in [0.25, 0.3) is 5.56 Å². The van der Waals surface area contributed by atoms with Crippen LogP contribution in [0.15, 0.2) is 57.7 Å². The Kier molecular flexibility index (Phi) is 6.37. The number of ether oxygens (including phenoxy) is 1. The molecule has 0 aliphatic heterocycles. The van der Waals surface area contributed by atoms with Gasteiger partial charge in [-0.1, -0.05) is 37.3 Å². The third-order valence-corrected chi connectivity index (χ3v) is 5.72. The van der Waals surface area contributed by atoms with Gasteiger partial charge in [0.2, 0.25) is 0 Å². The summed E-state index contributed by atoms with van der Waals surface area (Å²) in [6, 6.07) is 14.9. The minimum Gasteiger partial charge on any atom is -0.462 e. The van der Waals surface area contributed by atoms with Crippen molar-refractivity contribution >= 4 is 27.8 Å². The molecule has 0 bridgehead atoms. The molecule has 0 saturated carbocycles. The first-order chi connectivity index (χ1) is 15.5. The molecule has 1 N–H and O–H groups in total. The van der Waals surface area contributed by atoms with Crippen molar-refractivity contribution in [2.45, 2.75) is 46.3 Å². The third kappa shape index (κ3) is 4.29. The van der Waals surface area contributed by atoms with Crippen LogP contribution in [0.25, 0.3) is 21.9 Å². The average Bonchev–Trinajstić information content (AvgIpc) is 3.16. The van der Waals surface area contributed by atoms with Gasteiger partial charge >= 0.3 is 5.97 Å². The molecular weight excluding hydrogens is 406 g/mol. The van der Waals surface area contributed by atoms with Crippen LogP contribution in [0.3, 0.4) is 0 Å². The number of nitrogens with one attached hydrogen (secondary N) is 1. The number of furan rings is 1. The minimum absolute atomic E-state index is 0.161. The van der Waals surface area contributed by atoms with Crippen LogP contribution < -0.4 is 5.56 Å². The van der Waals surface area contributed by atoms with E-state index in [1.54, 1.807) is 13.0 Å². The normalized spacial score (nSPS) is 12.5. The van der Waals surface area contributed by atoms with Gasteiger partial charge in [-0.15, -0.1) is 0 Å². The largest absolute Gasteiger partial charge is 0.462 e. The van der Waals surface area contributed by atoms with Crippen LogP contribution in [0.1, 0.15) is 49.1 Å². The number of aromatic nitrogens is 2. The van der Waals surface area contributed by atoms with Gasteiger partial charge in [0.05, 0.1) is 30.6 Å². The topological polar surface area (TPSA) is 88.4 Å². The molecule has 4 rings (SSSR count). The SMILES string of the molecule is CCOC(=O)c1c(CN(Cc2nc3ccccc3c(=O)[nH]2)C(C)CC)oc2ccccc12. The predicted molar refractivity (Wildman–Crippen MR) is 124 cm³/mol. The summed E-state index contributed by atoms with van der Waals surface area (Å²) in [5.41, 5.74) is 1.60. The summed E-state index contributed by atoms with van der Waals surface area (Å²) in [7, 11) is 0. The summed E-state index contributed by atoms with van der Waals surface area (Å²) in [5.74, 6) is 0.727. The van der Waals surface area contributed by atoms with Crippen molar-refractivity contribution in [2.24, 2.45) is 0 Å². The fraction of sp³-hybridized carbons (Fsp3) is 0.320. The molecule has 0 fully saturated rings. The van der Waals surface area contributed by atoms with Gasteiger partial charge < -0.3 is 14.1 Å². The van der Waals surface area contributed by atoms with E-state index in [2.05, 4.69) is 28.7 Å². The summed E-state index contributed by atoms with van der Waals surface area (Å²) in [4.78, 5) is 35.0. The van der Waals surface area contributed by atoms with Crippen LogP contribution in [0.2, 0.25) is 0 Å². The zero-order valence-electron chi connectivity index (χ0n) is 18.6. The molecule has 7 nitrogen and oxygen atoms in total. The van der Waals surface area contributed by atoms with Crippen LogP contribution in [0.5, 0.6) is 0 Å². The molecule has 1 atom stereocenters. The lowest BCUT2D eigenvalue weighted by Gasteiger charge is -2.27. The summed E-state index contributed by atoms with van der Waals surface area (Å²) in [6.07, 6.45) is 0.882. The second kappa shape index (κ2) is 9.36. The molecule has 2 aromatic heterocycles. The van der Waals surface area contributed by atoms with Crippen molar-refractivity contribution in [3.63, 3.8) is 0 Å². The molecule has 0 aliphatic rings. The summed E-state index contributed by atoms with van der Waals surface area (Å²) in [6.45, 7) is 7.07. The Morgan fingerprint density at radius 1 is 1.09 bits per heavy atom. The van der Waals surface area contributed by atoms with Crippen LogP contribution in [-0.2, 0) is 17.8 Å². The van der Waals surface area contributed by atoms with Gasteiger partial charge in [-0.3, -0.25) is 9.69 Å². The number of nitrogens with zero attached hydrogens (tertiary/aromatic N) is 2. The second-order valence-corrected chi connectivity index (χ2v) is 7.81. The van der Waals surface area contributed by atoms with Gasteiger partial charge in [-0.05, 0) is 38.5 Å². The van der Waals surface area contributed by atoms with Gasteiger partial charge in [-0.2, -0.15) is 0 Å². The monoisotopic (exact) mass is 433 g/mol. The van der Waals surface area contributed by atoms with Gasteiger partial charge in [0.15, 0.2) is 0 Å². The first-order valence-electron chi connectivity index (χ1n) is 10.9. The van der Waals surface area contributed by atoms with Crippen molar-refractivity contribution < 1.29 is 13.9 Å². The highest BCUT2D eigenvalue weighted by Gasteiger charge is 2.25. The van der Waals surface area contributed by atoms with Crippen molar-refractivity contribution in [3.8, 4) is 0 Å². The van der Waals surface area contributed by atoms with Gasteiger partial charge in [0, 0.05) is 11.4 Å². The standard InChI is InChI=1S/C25H27N3O4/c1-4-16(3)28(15-22-26-19-12-8-6-10-17(19)24(29)27-22)14-21-23(25(30)31-5-2)18-11-7-9-13-20(18)32-21/h6-13,16H,4-5,14-15H2,1-3H3,(H,26,27,29). The van der Waals surface area contributed by atoms with E-state index in [1.165, 1.54) is 0 Å². The number of esters is 1. The summed E-state index contributed by atoms with van der Waals surface area (Å²) < 4.78 is 11.4. The first-order valence-corrected chi connectivity index (χ1v) is 10.9. The number of fused-ring (bicyclic) bond motifs is 2. The van der Waals surface area contributed by atoms with Crippen molar-refractivity contribution in [2.75, 3.05) is 6.61 Å². The van der Waals surface area contributed by atoms with E-state index in [9.17, 15) is 9.59 Å². The molecule has 1 unspecified atom stereocenters. The van der Waals surface area contributed by atoms with Crippen molar-refractivity contribution in [1.82, 2.24) is 14.9 Å². The molecular formula is C25H27N3O4. The maximum absolute atomic E-state index is 12.8. The average molecular weight is 434 g/mol. The number of hydrogen-bond acceptors (Lipinski definition) is 6. The zero-order valence-corrected chi connectivity index (χ0v) is 18.6. The number of H-pyrrole nitrogens is 1. The van der Waals surface area contributed by atoms with E-state index in [-0.39, 0.29) is 18.2 Å². The highest BCUT2D eigenvalue weighted by molar-refractivity contribution is 6.04. The minimum atomic E-state index is -0.395. The Morgan fingerprint density at radius 2 is 1.81 bits per heavy atom. The van der Waals surface area contributed by atoms with Crippen molar-refractivity contribution in [3.05, 3.63) is 76.0 Å². The summed E-state index contributed by atoms with van der Waals surface area (Å²) in [5, 5.41) is 1.30. The number of carbonyl (C=O) groups excluding carboxylic acids is 1. The molecule has 2 heterocycles. The first kappa shape index (κ1) is 21.8. The highest BCUT2D eigenvalue weighted by atomic mass is 16.5. The summed E-state index contributed by atoms with van der Waals surface area (Å²) >= 11 is 0. The lowest BCUT2D eigenvalue weighted by Crippen LogP contribution is -2.33. The quantitative estimate of drug-likeness (QED) is 0.407. The second-order valence-electron chi connectivity index (χ2n) is 7.81. The fourth-order valence-corrected chi connectivity index (χ4v) is 3.85. The molecule has 4 aromatic rings. The lowest BCUT2D eigenvalue weighted by atomic mass is 10.1. The Hall–Kier alpha value is -3.45. The molecule has 0 spiro atoms. The maximum Gasteiger partial charge on any atom is 0.342 e. The van der Waals surface area contributed by atoms with E-state index < -0.39 is 5.97 Å². The Bertz CT molecular complexity index is 1310. The molecule has 166 valence electrons. The molecule has 7 heteroatoms. The molecule has 0 saturated heterocycles. The zero-order chi connectivity index (χ0) is 22.7. The van der Waals surface area contributed by atoms with Crippen LogP contribution >= 0.6 is 0 Å². The smallest absolute Gasteiger partial charge is 0.342 e. The van der Waals surface area contributed by atoms with Gasteiger partial charge in [-0.25, -0.2) is 9.78 Å². The van der Waals surface area contributed by atoms with E-state index >= 15 is 0 Å². The van der Waals surface area contributed by atoms with Crippen molar-refractivity contribution in [1.29, 1.82) is 0 Å². The Labute approximate surface area is 186 Å². The third-order valence-electron chi connectivity index (χ3n) is 5.72. The highest BCUT2D eigenvalue weighted by Crippen LogP contribution is 2.29. The van der Waals surface area contributed by atoms with Crippen LogP contribution in [0.4, 0.5) is 0 Å². The Morgan fingerprint density at radius 3 is 2.56 bits per heavy atom. The maximum atomic E-state index is 12.8. The Balaban J connectivity index is 1.71. The lowest BCUT2D eigenvalue weighted by molar-refractivity contribution is 0.0522.